The first-order valence-electron chi connectivity index (χ1n) is 10.5. The molecule has 2 aromatic rings. The molecule has 0 saturated carbocycles. The third kappa shape index (κ3) is 6.63. The Morgan fingerprint density at radius 2 is 1.55 bits per heavy atom. The summed E-state index contributed by atoms with van der Waals surface area (Å²) in [5, 5.41) is 6.12. The van der Waals surface area contributed by atoms with Gasteiger partial charge in [0, 0.05) is 31.6 Å². The molecule has 3 amide bonds. The molecular formula is C24H31N3O2. The maximum atomic E-state index is 12.5. The Hall–Kier alpha value is -2.82. The number of amides is 3. The highest BCUT2D eigenvalue weighted by Crippen LogP contribution is 2.18. The Morgan fingerprint density at radius 1 is 0.966 bits per heavy atom. The second kappa shape index (κ2) is 10.6. The fraction of sp³-hybridized carbons (Fsp3) is 0.417. The van der Waals surface area contributed by atoms with Gasteiger partial charge in [-0.1, -0.05) is 60.7 Å². The Bertz CT molecular complexity index is 771. The van der Waals surface area contributed by atoms with E-state index in [0.29, 0.717) is 32.5 Å². The van der Waals surface area contributed by atoms with Crippen LogP contribution in [0.4, 0.5) is 4.79 Å². The minimum Gasteiger partial charge on any atom is -0.352 e. The number of carbonyl (C=O) groups is 2. The topological polar surface area (TPSA) is 61.4 Å². The van der Waals surface area contributed by atoms with Crippen LogP contribution in [0.15, 0.2) is 60.7 Å². The molecular weight excluding hydrogens is 362 g/mol. The number of hydrogen-bond donors (Lipinski definition) is 2. The van der Waals surface area contributed by atoms with Gasteiger partial charge in [0.1, 0.15) is 0 Å². The minimum absolute atomic E-state index is 0.0155. The van der Waals surface area contributed by atoms with Crippen molar-refractivity contribution in [3.8, 4) is 0 Å². The molecule has 0 bridgehead atoms. The molecule has 0 aliphatic carbocycles. The smallest absolute Gasteiger partial charge is 0.317 e. The zero-order valence-corrected chi connectivity index (χ0v) is 17.1. The van der Waals surface area contributed by atoms with Crippen LogP contribution in [0.1, 0.15) is 37.3 Å². The van der Waals surface area contributed by atoms with E-state index in [-0.39, 0.29) is 23.9 Å². The lowest BCUT2D eigenvalue weighted by Crippen LogP contribution is -2.48. The average Bonchev–Trinajstić information content (AvgIpc) is 2.77. The molecule has 1 atom stereocenters. The predicted molar refractivity (Wildman–Crippen MR) is 115 cm³/mol. The van der Waals surface area contributed by atoms with E-state index in [4.69, 9.17) is 0 Å². The molecule has 3 rings (SSSR count). The second-order valence-corrected chi connectivity index (χ2v) is 7.84. The summed E-state index contributed by atoms with van der Waals surface area (Å²) in [7, 11) is 0. The summed E-state index contributed by atoms with van der Waals surface area (Å²) in [6, 6.07) is 20.3. The number of benzene rings is 2. The molecule has 1 unspecified atom stereocenters. The number of nitrogens with one attached hydrogen (secondary N) is 2. The van der Waals surface area contributed by atoms with Gasteiger partial charge in [-0.3, -0.25) is 4.79 Å². The van der Waals surface area contributed by atoms with Crippen LogP contribution < -0.4 is 10.6 Å². The van der Waals surface area contributed by atoms with Crippen molar-refractivity contribution in [1.82, 2.24) is 15.5 Å². The van der Waals surface area contributed by atoms with Crippen molar-refractivity contribution in [1.29, 1.82) is 0 Å². The van der Waals surface area contributed by atoms with Crippen molar-refractivity contribution in [3.05, 3.63) is 71.8 Å². The van der Waals surface area contributed by atoms with E-state index in [0.717, 1.165) is 18.4 Å². The van der Waals surface area contributed by atoms with Gasteiger partial charge >= 0.3 is 6.03 Å². The Balaban J connectivity index is 1.35. The fourth-order valence-electron chi connectivity index (χ4n) is 3.68. The number of carbonyl (C=O) groups excluding carboxylic acids is 2. The highest BCUT2D eigenvalue weighted by Gasteiger charge is 2.27. The van der Waals surface area contributed by atoms with E-state index in [1.165, 1.54) is 5.56 Å². The van der Waals surface area contributed by atoms with Gasteiger partial charge in [-0.2, -0.15) is 0 Å². The largest absolute Gasteiger partial charge is 0.352 e. The SMILES string of the molecule is CC(CCc1ccccc1)NC(=O)N1CCC(C(=O)NCc2ccccc2)CC1. The fourth-order valence-corrected chi connectivity index (χ4v) is 3.68. The van der Waals surface area contributed by atoms with Crippen LogP contribution in [0, 0.1) is 5.92 Å². The second-order valence-electron chi connectivity index (χ2n) is 7.84. The third-order valence-corrected chi connectivity index (χ3v) is 5.54. The van der Waals surface area contributed by atoms with E-state index < -0.39 is 0 Å². The zero-order chi connectivity index (χ0) is 20.5. The molecule has 1 heterocycles. The lowest BCUT2D eigenvalue weighted by atomic mass is 9.96. The molecule has 1 aliphatic rings. The lowest BCUT2D eigenvalue weighted by molar-refractivity contribution is -0.126. The minimum atomic E-state index is -0.0197. The van der Waals surface area contributed by atoms with Crippen LogP contribution >= 0.6 is 0 Å². The highest BCUT2D eigenvalue weighted by molar-refractivity contribution is 5.79. The van der Waals surface area contributed by atoms with Crippen LogP contribution in [0.5, 0.6) is 0 Å². The van der Waals surface area contributed by atoms with Gasteiger partial charge in [-0.25, -0.2) is 4.79 Å². The van der Waals surface area contributed by atoms with Gasteiger partial charge in [0.25, 0.3) is 0 Å². The molecule has 1 aliphatic heterocycles. The summed E-state index contributed by atoms with van der Waals surface area (Å²) in [4.78, 5) is 26.8. The maximum Gasteiger partial charge on any atom is 0.317 e. The quantitative estimate of drug-likeness (QED) is 0.753. The van der Waals surface area contributed by atoms with Crippen molar-refractivity contribution in [3.63, 3.8) is 0 Å². The van der Waals surface area contributed by atoms with Crippen LogP contribution in [0.25, 0.3) is 0 Å². The summed E-state index contributed by atoms with van der Waals surface area (Å²) in [5.74, 6) is 0.0726. The molecule has 1 saturated heterocycles. The molecule has 5 nitrogen and oxygen atoms in total. The van der Waals surface area contributed by atoms with Gasteiger partial charge < -0.3 is 15.5 Å². The third-order valence-electron chi connectivity index (χ3n) is 5.54. The first-order chi connectivity index (χ1) is 14.1. The first kappa shape index (κ1) is 20.9. The van der Waals surface area contributed by atoms with E-state index in [1.54, 1.807) is 0 Å². The van der Waals surface area contributed by atoms with Crippen LogP contribution in [-0.4, -0.2) is 36.0 Å². The first-order valence-corrected chi connectivity index (χ1v) is 10.5. The number of nitrogens with zero attached hydrogens (tertiary/aromatic N) is 1. The molecule has 2 aromatic carbocycles. The average molecular weight is 394 g/mol. The lowest BCUT2D eigenvalue weighted by Gasteiger charge is -2.32. The normalized spacial score (nSPS) is 15.6. The van der Waals surface area contributed by atoms with Crippen molar-refractivity contribution < 1.29 is 9.59 Å². The predicted octanol–water partition coefficient (Wildman–Crippen LogP) is 3.75. The Morgan fingerprint density at radius 3 is 2.17 bits per heavy atom. The van der Waals surface area contributed by atoms with Crippen molar-refractivity contribution >= 4 is 11.9 Å². The number of piperidine rings is 1. The van der Waals surface area contributed by atoms with Gasteiger partial charge in [0.2, 0.25) is 5.91 Å². The summed E-state index contributed by atoms with van der Waals surface area (Å²) in [5.41, 5.74) is 2.39. The standard InChI is InChI=1S/C24H31N3O2/c1-19(12-13-20-8-4-2-5-9-20)26-24(29)27-16-14-22(15-17-27)23(28)25-18-21-10-6-3-7-11-21/h2-11,19,22H,12-18H2,1H3,(H,25,28)(H,26,29). The number of likely N-dealkylation sites (tertiary alicyclic amines) is 1. The van der Waals surface area contributed by atoms with Crippen molar-refractivity contribution in [2.24, 2.45) is 5.92 Å². The van der Waals surface area contributed by atoms with E-state index >= 15 is 0 Å². The van der Waals surface area contributed by atoms with Gasteiger partial charge in [0.05, 0.1) is 0 Å². The summed E-state index contributed by atoms with van der Waals surface area (Å²) < 4.78 is 0. The summed E-state index contributed by atoms with van der Waals surface area (Å²) in [6.45, 7) is 3.85. The summed E-state index contributed by atoms with van der Waals surface area (Å²) >= 11 is 0. The molecule has 154 valence electrons. The molecule has 0 radical (unpaired) electrons. The molecule has 1 fully saturated rings. The van der Waals surface area contributed by atoms with Gasteiger partial charge in [0.15, 0.2) is 0 Å². The monoisotopic (exact) mass is 393 g/mol. The van der Waals surface area contributed by atoms with Crippen molar-refractivity contribution in [2.75, 3.05) is 13.1 Å². The zero-order valence-electron chi connectivity index (χ0n) is 17.1. The summed E-state index contributed by atoms with van der Waals surface area (Å²) in [6.07, 6.45) is 3.29. The Labute approximate surface area is 173 Å². The number of hydrogen-bond acceptors (Lipinski definition) is 2. The molecule has 29 heavy (non-hydrogen) atoms. The highest BCUT2D eigenvalue weighted by atomic mass is 16.2. The Kier molecular flexibility index (Phi) is 7.68. The van der Waals surface area contributed by atoms with E-state index in [9.17, 15) is 9.59 Å². The van der Waals surface area contributed by atoms with Gasteiger partial charge in [-0.15, -0.1) is 0 Å². The van der Waals surface area contributed by atoms with Crippen LogP contribution in [0.3, 0.4) is 0 Å². The number of aryl methyl sites for hydroxylation is 1. The molecule has 0 spiro atoms. The molecule has 2 N–H and O–H groups in total. The van der Waals surface area contributed by atoms with Crippen molar-refractivity contribution in [2.45, 2.75) is 45.2 Å². The number of urea groups is 1. The van der Waals surface area contributed by atoms with Crippen LogP contribution in [0.2, 0.25) is 0 Å². The molecule has 0 aromatic heterocycles. The van der Waals surface area contributed by atoms with Gasteiger partial charge in [-0.05, 0) is 43.7 Å². The molecule has 5 heteroatoms. The van der Waals surface area contributed by atoms with Crippen LogP contribution in [-0.2, 0) is 17.8 Å². The maximum absolute atomic E-state index is 12.5. The van der Waals surface area contributed by atoms with E-state index in [2.05, 4.69) is 22.8 Å². The number of rotatable bonds is 7. The van der Waals surface area contributed by atoms with E-state index in [1.807, 2.05) is 60.4 Å².